The van der Waals surface area contributed by atoms with Crippen molar-refractivity contribution in [3.8, 4) is 11.5 Å². The van der Waals surface area contributed by atoms with Crippen molar-refractivity contribution < 1.29 is 24.5 Å². The van der Waals surface area contributed by atoms with Crippen molar-refractivity contribution >= 4 is 24.3 Å². The first-order chi connectivity index (χ1) is 10.0. The normalized spacial score (nSPS) is 20.8. The molecule has 4 N–H and O–H groups in total. The smallest absolute Gasteiger partial charge is 0.339 e. The van der Waals surface area contributed by atoms with Crippen molar-refractivity contribution in [1.82, 2.24) is 0 Å². The maximum absolute atomic E-state index is 12.1. The number of hydrogen-bond acceptors (Lipinski definition) is 5. The molecule has 1 fully saturated rings. The fraction of sp³-hybridized carbons (Fsp3) is 0.467. The first kappa shape index (κ1) is 18.3. The Labute approximate surface area is 134 Å². The molecule has 0 unspecified atom stereocenters. The highest BCUT2D eigenvalue weighted by molar-refractivity contribution is 5.91. The van der Waals surface area contributed by atoms with Crippen LogP contribution >= 0.6 is 12.4 Å². The Bertz CT molecular complexity index is 541. The van der Waals surface area contributed by atoms with Crippen LogP contribution in [-0.4, -0.2) is 28.7 Å². The van der Waals surface area contributed by atoms with E-state index in [-0.39, 0.29) is 41.4 Å². The molecule has 0 heterocycles. The summed E-state index contributed by atoms with van der Waals surface area (Å²) in [5.74, 6) is -1.54. The van der Waals surface area contributed by atoms with Crippen molar-refractivity contribution in [3.63, 3.8) is 0 Å². The van der Waals surface area contributed by atoms with E-state index in [0.717, 1.165) is 31.7 Å². The van der Waals surface area contributed by atoms with Gasteiger partial charge in [0.1, 0.15) is 17.1 Å². The lowest BCUT2D eigenvalue weighted by Gasteiger charge is -2.26. The minimum Gasteiger partial charge on any atom is -0.507 e. The summed E-state index contributed by atoms with van der Waals surface area (Å²) >= 11 is 0. The highest BCUT2D eigenvalue weighted by Gasteiger charge is 2.27. The molecular weight excluding hydrogens is 310 g/mol. The van der Waals surface area contributed by atoms with E-state index in [9.17, 15) is 14.7 Å². The number of hydrogen-bond donors (Lipinski definition) is 3. The molecule has 0 saturated heterocycles. The van der Waals surface area contributed by atoms with E-state index in [4.69, 9.17) is 15.6 Å². The van der Waals surface area contributed by atoms with E-state index in [1.165, 1.54) is 12.1 Å². The molecule has 0 amide bonds. The number of aromatic carboxylic acids is 1. The highest BCUT2D eigenvalue weighted by atomic mass is 35.5. The number of carbonyl (C=O) groups excluding carboxylic acids is 1. The predicted octanol–water partition coefficient (Wildman–Crippen LogP) is 2.18. The highest BCUT2D eigenvalue weighted by Crippen LogP contribution is 2.30. The zero-order valence-corrected chi connectivity index (χ0v) is 12.8. The molecule has 22 heavy (non-hydrogen) atoms. The molecule has 6 nitrogen and oxygen atoms in total. The minimum absolute atomic E-state index is 0. The van der Waals surface area contributed by atoms with Gasteiger partial charge in [-0.2, -0.15) is 0 Å². The van der Waals surface area contributed by atoms with Crippen LogP contribution in [0.15, 0.2) is 18.2 Å². The minimum atomic E-state index is -1.27. The van der Waals surface area contributed by atoms with E-state index >= 15 is 0 Å². The van der Waals surface area contributed by atoms with Crippen molar-refractivity contribution in [2.24, 2.45) is 17.6 Å². The summed E-state index contributed by atoms with van der Waals surface area (Å²) in [6.07, 6.45) is 3.30. The Balaban J connectivity index is 0.00000242. The van der Waals surface area contributed by atoms with Gasteiger partial charge in [-0.3, -0.25) is 4.79 Å². The molecule has 7 heteroatoms. The van der Waals surface area contributed by atoms with E-state index < -0.39 is 5.97 Å². The lowest BCUT2D eigenvalue weighted by atomic mass is 9.82. The van der Waals surface area contributed by atoms with Gasteiger partial charge in [-0.15, -0.1) is 12.4 Å². The number of esters is 1. The number of carboxylic acids is 1. The van der Waals surface area contributed by atoms with Crippen LogP contribution in [0.3, 0.4) is 0 Å². The molecule has 1 aromatic carbocycles. The quantitative estimate of drug-likeness (QED) is 0.577. The number of phenols is 1. The number of rotatable bonds is 4. The third-order valence-corrected chi connectivity index (χ3v) is 3.93. The fourth-order valence-corrected chi connectivity index (χ4v) is 2.58. The molecule has 1 aromatic rings. The molecule has 1 saturated carbocycles. The Hall–Kier alpha value is -1.79. The first-order valence-electron chi connectivity index (χ1n) is 6.99. The first-order valence-corrected chi connectivity index (χ1v) is 6.99. The van der Waals surface area contributed by atoms with E-state index in [0.29, 0.717) is 12.5 Å². The van der Waals surface area contributed by atoms with E-state index in [1.54, 1.807) is 0 Å². The van der Waals surface area contributed by atoms with Gasteiger partial charge >= 0.3 is 11.9 Å². The number of benzene rings is 1. The van der Waals surface area contributed by atoms with Crippen molar-refractivity contribution in [1.29, 1.82) is 0 Å². The molecule has 1 aliphatic carbocycles. The Kier molecular flexibility index (Phi) is 6.64. The van der Waals surface area contributed by atoms with Crippen LogP contribution in [0.1, 0.15) is 36.0 Å². The maximum atomic E-state index is 12.1. The summed E-state index contributed by atoms with van der Waals surface area (Å²) in [7, 11) is 0. The molecule has 0 bridgehead atoms. The molecule has 0 aliphatic heterocycles. The summed E-state index contributed by atoms with van der Waals surface area (Å²) in [6, 6.07) is 3.74. The number of ether oxygens (including phenoxy) is 1. The van der Waals surface area contributed by atoms with Gasteiger partial charge in [0.05, 0.1) is 5.92 Å². The Morgan fingerprint density at radius 1 is 1.23 bits per heavy atom. The summed E-state index contributed by atoms with van der Waals surface area (Å²) in [6.45, 7) is 0.641. The van der Waals surface area contributed by atoms with Crippen LogP contribution in [-0.2, 0) is 4.79 Å². The predicted molar refractivity (Wildman–Crippen MR) is 82.5 cm³/mol. The van der Waals surface area contributed by atoms with Crippen LogP contribution in [0.2, 0.25) is 0 Å². The maximum Gasteiger partial charge on any atom is 0.339 e. The average molecular weight is 330 g/mol. The van der Waals surface area contributed by atoms with Crippen LogP contribution in [0.4, 0.5) is 0 Å². The third kappa shape index (κ3) is 4.35. The van der Waals surface area contributed by atoms with Crippen molar-refractivity contribution in [2.45, 2.75) is 25.7 Å². The molecule has 2 rings (SSSR count). The summed E-state index contributed by atoms with van der Waals surface area (Å²) in [5.41, 5.74) is 5.33. The second-order valence-corrected chi connectivity index (χ2v) is 5.36. The molecule has 1 aliphatic rings. The zero-order valence-electron chi connectivity index (χ0n) is 12.0. The van der Waals surface area contributed by atoms with Gasteiger partial charge < -0.3 is 20.7 Å². The lowest BCUT2D eigenvalue weighted by Crippen LogP contribution is -2.28. The summed E-state index contributed by atoms with van der Waals surface area (Å²) in [5, 5.41) is 18.3. The number of carbonyl (C=O) groups is 2. The largest absolute Gasteiger partial charge is 0.507 e. The van der Waals surface area contributed by atoms with Gasteiger partial charge in [0.15, 0.2) is 0 Å². The number of halogens is 1. The van der Waals surface area contributed by atoms with Gasteiger partial charge in [-0.25, -0.2) is 4.79 Å². The van der Waals surface area contributed by atoms with Crippen LogP contribution in [0.5, 0.6) is 11.5 Å². The van der Waals surface area contributed by atoms with Gasteiger partial charge in [-0.05, 0) is 56.3 Å². The molecule has 0 atom stereocenters. The standard InChI is InChI=1S/C15H19NO5.ClH/c16-8-9-1-3-10(4-2-9)15(20)21-11-5-6-13(17)12(7-11)14(18)19;/h5-7,9-10,17H,1-4,8,16H2,(H,18,19);1H/t9-,10-;. The lowest BCUT2D eigenvalue weighted by molar-refractivity contribution is -0.140. The van der Waals surface area contributed by atoms with Crippen LogP contribution in [0, 0.1) is 11.8 Å². The molecule has 0 spiro atoms. The third-order valence-electron chi connectivity index (χ3n) is 3.93. The van der Waals surface area contributed by atoms with E-state index in [2.05, 4.69) is 0 Å². The molecular formula is C15H20ClNO5. The number of carboxylic acid groups (broad SMARTS) is 1. The molecule has 122 valence electrons. The summed E-state index contributed by atoms with van der Waals surface area (Å²) in [4.78, 5) is 23.0. The summed E-state index contributed by atoms with van der Waals surface area (Å²) < 4.78 is 5.22. The van der Waals surface area contributed by atoms with Gasteiger partial charge in [0.25, 0.3) is 0 Å². The second-order valence-electron chi connectivity index (χ2n) is 5.36. The van der Waals surface area contributed by atoms with Gasteiger partial charge in [0, 0.05) is 0 Å². The number of aromatic hydroxyl groups is 1. The molecule has 0 aromatic heterocycles. The monoisotopic (exact) mass is 329 g/mol. The van der Waals surface area contributed by atoms with Crippen molar-refractivity contribution in [3.05, 3.63) is 23.8 Å². The van der Waals surface area contributed by atoms with Crippen LogP contribution in [0.25, 0.3) is 0 Å². The number of nitrogens with two attached hydrogens (primary N) is 1. The van der Waals surface area contributed by atoms with Gasteiger partial charge in [0.2, 0.25) is 0 Å². The average Bonchev–Trinajstić information content (AvgIpc) is 2.49. The second kappa shape index (κ2) is 8.00. The van der Waals surface area contributed by atoms with E-state index in [1.807, 2.05) is 0 Å². The van der Waals surface area contributed by atoms with Gasteiger partial charge in [-0.1, -0.05) is 0 Å². The molecule has 0 radical (unpaired) electrons. The Morgan fingerprint density at radius 2 is 1.86 bits per heavy atom. The Morgan fingerprint density at radius 3 is 2.41 bits per heavy atom. The van der Waals surface area contributed by atoms with Crippen molar-refractivity contribution in [2.75, 3.05) is 6.54 Å². The SMILES string of the molecule is Cl.NC[C@H]1CC[C@H](C(=O)Oc2ccc(O)c(C(=O)O)c2)CC1. The topological polar surface area (TPSA) is 110 Å². The fourth-order valence-electron chi connectivity index (χ4n) is 2.58. The zero-order chi connectivity index (χ0) is 15.4. The van der Waals surface area contributed by atoms with Crippen LogP contribution < -0.4 is 10.5 Å².